The van der Waals surface area contributed by atoms with E-state index in [0.29, 0.717) is 19.2 Å². The van der Waals surface area contributed by atoms with E-state index in [-0.39, 0.29) is 6.03 Å². The average molecular weight is 306 g/mol. The standard InChI is InChI=1S/C17H26N2O3/c1-13-5-6-14(12-16(13)21-2)7-9-18-17(20)19-10-8-15-4-3-11-22-15/h5-6,12,15H,3-4,7-11H2,1-2H3,(H2,18,19,20)/t15-/m0/s1. The molecule has 0 aliphatic carbocycles. The topological polar surface area (TPSA) is 59.6 Å². The van der Waals surface area contributed by atoms with E-state index in [0.717, 1.165) is 49.2 Å². The summed E-state index contributed by atoms with van der Waals surface area (Å²) >= 11 is 0. The van der Waals surface area contributed by atoms with Crippen LogP contribution in [0.15, 0.2) is 18.2 Å². The Morgan fingerprint density at radius 1 is 1.36 bits per heavy atom. The molecule has 2 amide bonds. The molecule has 0 bridgehead atoms. The van der Waals surface area contributed by atoms with Gasteiger partial charge in [-0.25, -0.2) is 4.79 Å². The quantitative estimate of drug-likeness (QED) is 0.813. The first-order valence-electron chi connectivity index (χ1n) is 7.96. The van der Waals surface area contributed by atoms with Crippen LogP contribution in [0.4, 0.5) is 4.79 Å². The van der Waals surface area contributed by atoms with E-state index in [1.165, 1.54) is 0 Å². The molecule has 1 aliphatic heterocycles. The Labute approximate surface area is 132 Å². The van der Waals surface area contributed by atoms with Gasteiger partial charge in [0.1, 0.15) is 5.75 Å². The normalized spacial score (nSPS) is 17.3. The highest BCUT2D eigenvalue weighted by Gasteiger charge is 2.14. The number of nitrogens with one attached hydrogen (secondary N) is 2. The van der Waals surface area contributed by atoms with Crippen LogP contribution in [0.1, 0.15) is 30.4 Å². The van der Waals surface area contributed by atoms with Gasteiger partial charge in [-0.3, -0.25) is 0 Å². The first kappa shape index (κ1) is 16.6. The van der Waals surface area contributed by atoms with Crippen molar-refractivity contribution in [2.24, 2.45) is 0 Å². The largest absolute Gasteiger partial charge is 0.496 e. The summed E-state index contributed by atoms with van der Waals surface area (Å²) in [5, 5.41) is 5.75. The second kappa shape index (κ2) is 8.63. The van der Waals surface area contributed by atoms with Crippen LogP contribution in [0.3, 0.4) is 0 Å². The SMILES string of the molecule is COc1cc(CCNC(=O)NCC[C@@H]2CCCO2)ccc1C. The van der Waals surface area contributed by atoms with Crippen molar-refractivity contribution in [3.05, 3.63) is 29.3 Å². The molecular formula is C17H26N2O3. The minimum absolute atomic E-state index is 0.114. The summed E-state index contributed by atoms with van der Waals surface area (Å²) < 4.78 is 10.8. The van der Waals surface area contributed by atoms with Crippen LogP contribution < -0.4 is 15.4 Å². The zero-order valence-corrected chi connectivity index (χ0v) is 13.5. The lowest BCUT2D eigenvalue weighted by molar-refractivity contribution is 0.104. The second-order valence-electron chi connectivity index (χ2n) is 5.66. The molecule has 2 rings (SSSR count). The molecule has 1 saturated heterocycles. The van der Waals surface area contributed by atoms with Crippen molar-refractivity contribution in [3.8, 4) is 5.75 Å². The number of benzene rings is 1. The van der Waals surface area contributed by atoms with Crippen LogP contribution >= 0.6 is 0 Å². The predicted octanol–water partition coefficient (Wildman–Crippen LogP) is 2.41. The zero-order chi connectivity index (χ0) is 15.8. The number of aryl methyl sites for hydroxylation is 1. The number of amides is 2. The van der Waals surface area contributed by atoms with Gasteiger partial charge in [-0.2, -0.15) is 0 Å². The fourth-order valence-corrected chi connectivity index (χ4v) is 2.62. The van der Waals surface area contributed by atoms with Crippen LogP contribution in [-0.2, 0) is 11.2 Å². The molecule has 0 saturated carbocycles. The van der Waals surface area contributed by atoms with Crippen molar-refractivity contribution in [3.63, 3.8) is 0 Å². The van der Waals surface area contributed by atoms with E-state index < -0.39 is 0 Å². The lowest BCUT2D eigenvalue weighted by atomic mass is 10.1. The van der Waals surface area contributed by atoms with Crippen LogP contribution in [0.25, 0.3) is 0 Å². The molecule has 1 heterocycles. The monoisotopic (exact) mass is 306 g/mol. The summed E-state index contributed by atoms with van der Waals surface area (Å²) in [6.07, 6.45) is 4.24. The third-order valence-electron chi connectivity index (χ3n) is 3.95. The Hall–Kier alpha value is -1.75. The summed E-state index contributed by atoms with van der Waals surface area (Å²) in [5.74, 6) is 0.888. The average Bonchev–Trinajstić information content (AvgIpc) is 3.02. The summed E-state index contributed by atoms with van der Waals surface area (Å²) in [7, 11) is 1.67. The molecule has 0 spiro atoms. The Balaban J connectivity index is 1.62. The molecule has 5 heteroatoms. The summed E-state index contributed by atoms with van der Waals surface area (Å²) in [6, 6.07) is 6.01. The van der Waals surface area contributed by atoms with Gasteiger partial charge in [0.2, 0.25) is 0 Å². The van der Waals surface area contributed by atoms with Crippen LogP contribution in [0.5, 0.6) is 5.75 Å². The number of rotatable bonds is 7. The predicted molar refractivity (Wildman–Crippen MR) is 86.4 cm³/mol. The molecule has 0 unspecified atom stereocenters. The molecule has 1 atom stereocenters. The maximum absolute atomic E-state index is 11.7. The number of carbonyl (C=O) groups is 1. The van der Waals surface area contributed by atoms with Crippen molar-refractivity contribution < 1.29 is 14.3 Å². The van der Waals surface area contributed by atoms with E-state index in [4.69, 9.17) is 9.47 Å². The third-order valence-corrected chi connectivity index (χ3v) is 3.95. The lowest BCUT2D eigenvalue weighted by Gasteiger charge is -2.11. The van der Waals surface area contributed by atoms with Crippen molar-refractivity contribution in [1.29, 1.82) is 0 Å². The van der Waals surface area contributed by atoms with Crippen molar-refractivity contribution >= 4 is 6.03 Å². The molecule has 0 radical (unpaired) electrons. The zero-order valence-electron chi connectivity index (χ0n) is 13.5. The molecule has 1 fully saturated rings. The smallest absolute Gasteiger partial charge is 0.314 e. The first-order valence-corrected chi connectivity index (χ1v) is 7.96. The number of urea groups is 1. The van der Waals surface area contributed by atoms with Gasteiger partial charge in [0.05, 0.1) is 13.2 Å². The molecule has 1 aromatic carbocycles. The fraction of sp³-hybridized carbons (Fsp3) is 0.588. The maximum Gasteiger partial charge on any atom is 0.314 e. The molecule has 1 aliphatic rings. The van der Waals surface area contributed by atoms with Crippen molar-refractivity contribution in [2.45, 2.75) is 38.7 Å². The maximum atomic E-state index is 11.7. The van der Waals surface area contributed by atoms with Gasteiger partial charge in [0.25, 0.3) is 0 Å². The van der Waals surface area contributed by atoms with Gasteiger partial charge >= 0.3 is 6.03 Å². The number of hydrogen-bond acceptors (Lipinski definition) is 3. The highest BCUT2D eigenvalue weighted by atomic mass is 16.5. The van der Waals surface area contributed by atoms with Crippen LogP contribution in [-0.4, -0.2) is 38.9 Å². The summed E-state index contributed by atoms with van der Waals surface area (Å²) in [4.78, 5) is 11.7. The van der Waals surface area contributed by atoms with Gasteiger partial charge in [-0.05, 0) is 49.8 Å². The fourth-order valence-electron chi connectivity index (χ4n) is 2.62. The van der Waals surface area contributed by atoms with E-state index >= 15 is 0 Å². The van der Waals surface area contributed by atoms with E-state index in [2.05, 4.69) is 16.7 Å². The van der Waals surface area contributed by atoms with Crippen LogP contribution in [0, 0.1) is 6.92 Å². The lowest BCUT2D eigenvalue weighted by Crippen LogP contribution is -2.37. The summed E-state index contributed by atoms with van der Waals surface area (Å²) in [6.45, 7) is 4.14. The summed E-state index contributed by atoms with van der Waals surface area (Å²) in [5.41, 5.74) is 2.27. The van der Waals surface area contributed by atoms with E-state index in [1.54, 1.807) is 7.11 Å². The van der Waals surface area contributed by atoms with Crippen LogP contribution in [0.2, 0.25) is 0 Å². The van der Waals surface area contributed by atoms with Gasteiger partial charge in [0.15, 0.2) is 0 Å². The van der Waals surface area contributed by atoms with Gasteiger partial charge in [0, 0.05) is 19.7 Å². The number of ether oxygens (including phenoxy) is 2. The molecule has 1 aromatic rings. The number of carbonyl (C=O) groups excluding carboxylic acids is 1. The Bertz CT molecular complexity index is 485. The van der Waals surface area contributed by atoms with Gasteiger partial charge < -0.3 is 20.1 Å². The second-order valence-corrected chi connectivity index (χ2v) is 5.66. The highest BCUT2D eigenvalue weighted by molar-refractivity contribution is 5.73. The molecule has 5 nitrogen and oxygen atoms in total. The number of hydrogen-bond donors (Lipinski definition) is 2. The molecule has 0 aromatic heterocycles. The third kappa shape index (κ3) is 5.22. The molecular weight excluding hydrogens is 280 g/mol. The Morgan fingerprint density at radius 2 is 2.18 bits per heavy atom. The number of methoxy groups -OCH3 is 1. The van der Waals surface area contributed by atoms with E-state index in [9.17, 15) is 4.79 Å². The van der Waals surface area contributed by atoms with E-state index in [1.807, 2.05) is 19.1 Å². The first-order chi connectivity index (χ1) is 10.7. The van der Waals surface area contributed by atoms with Crippen molar-refractivity contribution in [1.82, 2.24) is 10.6 Å². The highest BCUT2D eigenvalue weighted by Crippen LogP contribution is 2.19. The minimum Gasteiger partial charge on any atom is -0.496 e. The molecule has 22 heavy (non-hydrogen) atoms. The minimum atomic E-state index is -0.114. The van der Waals surface area contributed by atoms with Gasteiger partial charge in [-0.1, -0.05) is 12.1 Å². The molecule has 2 N–H and O–H groups in total. The Kier molecular flexibility index (Phi) is 6.52. The Morgan fingerprint density at radius 3 is 2.91 bits per heavy atom. The molecule has 122 valence electrons. The van der Waals surface area contributed by atoms with Crippen molar-refractivity contribution in [2.75, 3.05) is 26.8 Å². The van der Waals surface area contributed by atoms with Gasteiger partial charge in [-0.15, -0.1) is 0 Å².